The van der Waals surface area contributed by atoms with E-state index in [1.54, 1.807) is 6.92 Å². The van der Waals surface area contributed by atoms with E-state index in [-0.39, 0.29) is 12.0 Å². The highest BCUT2D eigenvalue weighted by molar-refractivity contribution is 9.10. The smallest absolute Gasteiger partial charge is 0.305 e. The van der Waals surface area contributed by atoms with Crippen molar-refractivity contribution in [3.05, 3.63) is 33.3 Å². The minimum atomic E-state index is -0.190. The fraction of sp³-hybridized carbons (Fsp3) is 0.462. The largest absolute Gasteiger partial charge is 0.466 e. The Bertz CT molecular complexity index is 412. The Kier molecular flexibility index (Phi) is 6.68. The molecule has 0 saturated heterocycles. The van der Waals surface area contributed by atoms with E-state index in [0.717, 1.165) is 16.5 Å². The summed E-state index contributed by atoms with van der Waals surface area (Å²) in [5.74, 6) is -0.190. The monoisotopic (exact) mass is 333 g/mol. The van der Waals surface area contributed by atoms with Crippen LogP contribution in [0.1, 0.15) is 25.3 Å². The molecule has 1 aromatic carbocycles. The topological polar surface area (TPSA) is 52.3 Å². The molecule has 1 aromatic rings. The Morgan fingerprint density at radius 3 is 2.89 bits per heavy atom. The van der Waals surface area contributed by atoms with Gasteiger partial charge in [0.25, 0.3) is 0 Å². The Morgan fingerprint density at radius 2 is 2.28 bits per heavy atom. The van der Waals surface area contributed by atoms with E-state index in [4.69, 9.17) is 22.1 Å². The van der Waals surface area contributed by atoms with Gasteiger partial charge in [0.1, 0.15) is 0 Å². The second kappa shape index (κ2) is 7.77. The number of hydrogen-bond donors (Lipinski definition) is 1. The second-order valence-electron chi connectivity index (χ2n) is 4.06. The molecule has 1 unspecified atom stereocenters. The van der Waals surface area contributed by atoms with Gasteiger partial charge in [0.2, 0.25) is 0 Å². The molecule has 0 bridgehead atoms. The van der Waals surface area contributed by atoms with Crippen LogP contribution in [0, 0.1) is 0 Å². The third kappa shape index (κ3) is 5.38. The Balaban J connectivity index is 2.42. The Hall–Kier alpha value is -0.580. The van der Waals surface area contributed by atoms with Crippen LogP contribution in [0.5, 0.6) is 0 Å². The summed E-state index contributed by atoms with van der Waals surface area (Å²) in [4.78, 5) is 11.2. The molecule has 0 spiro atoms. The van der Waals surface area contributed by atoms with Crippen molar-refractivity contribution in [2.75, 3.05) is 6.61 Å². The molecule has 0 amide bonds. The van der Waals surface area contributed by atoms with Gasteiger partial charge in [-0.1, -0.05) is 17.7 Å². The summed E-state index contributed by atoms with van der Waals surface area (Å²) in [6.07, 6.45) is 1.71. The predicted molar refractivity (Wildman–Crippen MR) is 76.7 cm³/mol. The minimum Gasteiger partial charge on any atom is -0.466 e. The quantitative estimate of drug-likeness (QED) is 0.812. The first kappa shape index (κ1) is 15.5. The lowest BCUT2D eigenvalue weighted by molar-refractivity contribution is -0.143. The molecule has 0 aromatic heterocycles. The van der Waals surface area contributed by atoms with Crippen molar-refractivity contribution >= 4 is 33.5 Å². The van der Waals surface area contributed by atoms with Crippen LogP contribution in [-0.2, 0) is 16.0 Å². The summed E-state index contributed by atoms with van der Waals surface area (Å²) >= 11 is 9.29. The van der Waals surface area contributed by atoms with Crippen molar-refractivity contribution in [1.82, 2.24) is 0 Å². The van der Waals surface area contributed by atoms with Gasteiger partial charge in [-0.15, -0.1) is 0 Å². The average molecular weight is 335 g/mol. The van der Waals surface area contributed by atoms with Crippen molar-refractivity contribution in [3.63, 3.8) is 0 Å². The van der Waals surface area contributed by atoms with Gasteiger partial charge in [0.15, 0.2) is 0 Å². The van der Waals surface area contributed by atoms with Crippen molar-refractivity contribution in [2.45, 2.75) is 32.2 Å². The number of hydrogen-bond acceptors (Lipinski definition) is 3. The van der Waals surface area contributed by atoms with E-state index >= 15 is 0 Å². The van der Waals surface area contributed by atoms with Gasteiger partial charge in [-0.2, -0.15) is 0 Å². The number of halogens is 2. The van der Waals surface area contributed by atoms with Crippen LogP contribution in [0.4, 0.5) is 0 Å². The van der Waals surface area contributed by atoms with Gasteiger partial charge in [0.05, 0.1) is 11.6 Å². The SMILES string of the molecule is CCOC(=O)CCC(N)Cc1ccc(Cl)c(Br)c1. The van der Waals surface area contributed by atoms with Crippen LogP contribution < -0.4 is 5.73 Å². The van der Waals surface area contributed by atoms with Crippen molar-refractivity contribution < 1.29 is 9.53 Å². The lowest BCUT2D eigenvalue weighted by Gasteiger charge is -2.11. The molecule has 0 radical (unpaired) electrons. The molecule has 3 nitrogen and oxygen atoms in total. The van der Waals surface area contributed by atoms with Gasteiger partial charge in [-0.05, 0) is 53.4 Å². The van der Waals surface area contributed by atoms with Crippen LogP contribution in [0.15, 0.2) is 22.7 Å². The fourth-order valence-corrected chi connectivity index (χ4v) is 2.15. The molecular formula is C13H17BrClNO2. The number of benzene rings is 1. The molecule has 0 heterocycles. The van der Waals surface area contributed by atoms with Crippen LogP contribution in [0.25, 0.3) is 0 Å². The first-order chi connectivity index (χ1) is 8.52. The Labute approximate surface area is 121 Å². The normalized spacial score (nSPS) is 12.2. The maximum atomic E-state index is 11.2. The van der Waals surface area contributed by atoms with Gasteiger partial charge in [0, 0.05) is 16.9 Å². The van der Waals surface area contributed by atoms with E-state index in [1.165, 1.54) is 0 Å². The molecule has 1 rings (SSSR count). The number of nitrogens with two attached hydrogens (primary N) is 1. The average Bonchev–Trinajstić information content (AvgIpc) is 2.32. The molecule has 1 atom stereocenters. The van der Waals surface area contributed by atoms with E-state index in [0.29, 0.717) is 24.5 Å². The predicted octanol–water partition coefficient (Wildman–Crippen LogP) is 3.32. The van der Waals surface area contributed by atoms with E-state index < -0.39 is 0 Å². The molecular weight excluding hydrogens is 318 g/mol. The second-order valence-corrected chi connectivity index (χ2v) is 5.32. The lowest BCUT2D eigenvalue weighted by atomic mass is 10.0. The molecule has 5 heteroatoms. The summed E-state index contributed by atoms with van der Waals surface area (Å²) in [6.45, 7) is 2.21. The summed E-state index contributed by atoms with van der Waals surface area (Å²) in [5, 5.41) is 0.679. The van der Waals surface area contributed by atoms with Gasteiger partial charge < -0.3 is 10.5 Å². The zero-order valence-corrected chi connectivity index (χ0v) is 12.6. The number of esters is 1. The first-order valence-corrected chi connectivity index (χ1v) is 7.05. The molecule has 0 aliphatic carbocycles. The van der Waals surface area contributed by atoms with Gasteiger partial charge in [-0.25, -0.2) is 0 Å². The first-order valence-electron chi connectivity index (χ1n) is 5.88. The van der Waals surface area contributed by atoms with Gasteiger partial charge >= 0.3 is 5.97 Å². The summed E-state index contributed by atoms with van der Waals surface area (Å²) < 4.78 is 5.72. The van der Waals surface area contributed by atoms with Crippen LogP contribution in [-0.4, -0.2) is 18.6 Å². The number of carbonyl (C=O) groups excluding carboxylic acids is 1. The van der Waals surface area contributed by atoms with Crippen LogP contribution in [0.3, 0.4) is 0 Å². The third-order valence-electron chi connectivity index (χ3n) is 2.51. The maximum Gasteiger partial charge on any atom is 0.305 e. The molecule has 0 fully saturated rings. The number of rotatable bonds is 6. The zero-order valence-electron chi connectivity index (χ0n) is 10.3. The summed E-state index contributed by atoms with van der Waals surface area (Å²) in [5.41, 5.74) is 7.08. The standard InChI is InChI=1S/C13H17BrClNO2/c1-2-18-13(17)6-4-10(16)7-9-3-5-12(15)11(14)8-9/h3,5,8,10H,2,4,6-7,16H2,1H3. The summed E-state index contributed by atoms with van der Waals surface area (Å²) in [6, 6.07) is 5.67. The molecule has 100 valence electrons. The highest BCUT2D eigenvalue weighted by Crippen LogP contribution is 2.23. The number of ether oxygens (including phenoxy) is 1. The molecule has 0 aliphatic heterocycles. The third-order valence-corrected chi connectivity index (χ3v) is 3.72. The maximum absolute atomic E-state index is 11.2. The lowest BCUT2D eigenvalue weighted by Crippen LogP contribution is -2.24. The van der Waals surface area contributed by atoms with Crippen LogP contribution >= 0.6 is 27.5 Å². The molecule has 0 aliphatic rings. The van der Waals surface area contributed by atoms with Crippen molar-refractivity contribution in [3.8, 4) is 0 Å². The summed E-state index contributed by atoms with van der Waals surface area (Å²) in [7, 11) is 0. The Morgan fingerprint density at radius 1 is 1.56 bits per heavy atom. The zero-order chi connectivity index (χ0) is 13.5. The highest BCUT2D eigenvalue weighted by Gasteiger charge is 2.09. The van der Waals surface area contributed by atoms with Gasteiger partial charge in [-0.3, -0.25) is 4.79 Å². The molecule has 0 saturated carbocycles. The minimum absolute atomic E-state index is 0.0533. The van der Waals surface area contributed by atoms with Crippen molar-refractivity contribution in [1.29, 1.82) is 0 Å². The highest BCUT2D eigenvalue weighted by atomic mass is 79.9. The van der Waals surface area contributed by atoms with E-state index in [1.807, 2.05) is 18.2 Å². The molecule has 2 N–H and O–H groups in total. The van der Waals surface area contributed by atoms with Crippen molar-refractivity contribution in [2.24, 2.45) is 5.73 Å². The van der Waals surface area contributed by atoms with E-state index in [2.05, 4.69) is 15.9 Å². The van der Waals surface area contributed by atoms with Crippen LogP contribution in [0.2, 0.25) is 5.02 Å². The number of carbonyl (C=O) groups is 1. The molecule has 18 heavy (non-hydrogen) atoms. The fourth-order valence-electron chi connectivity index (χ4n) is 1.61. The van der Waals surface area contributed by atoms with E-state index in [9.17, 15) is 4.79 Å².